The molecule has 0 spiro atoms. The zero-order valence-electron chi connectivity index (χ0n) is 25.5. The number of hydrogen-bond acceptors (Lipinski definition) is 7. The van der Waals surface area contributed by atoms with Crippen LogP contribution in [0.25, 0.3) is 0 Å². The van der Waals surface area contributed by atoms with Crippen LogP contribution in [0.15, 0.2) is 53.5 Å². The van der Waals surface area contributed by atoms with Crippen molar-refractivity contribution in [1.29, 1.82) is 0 Å². The van der Waals surface area contributed by atoms with E-state index in [1.807, 2.05) is 49.4 Å². The third kappa shape index (κ3) is 7.64. The molecule has 0 saturated carbocycles. The van der Waals surface area contributed by atoms with E-state index in [4.69, 9.17) is 19.2 Å². The van der Waals surface area contributed by atoms with Crippen molar-refractivity contribution >= 4 is 40.1 Å². The van der Waals surface area contributed by atoms with Crippen molar-refractivity contribution < 1.29 is 23.8 Å². The highest BCUT2D eigenvalue weighted by molar-refractivity contribution is 7.16. The van der Waals surface area contributed by atoms with Crippen molar-refractivity contribution in [3.05, 3.63) is 70.1 Å². The van der Waals surface area contributed by atoms with E-state index in [1.54, 1.807) is 28.5 Å². The van der Waals surface area contributed by atoms with E-state index in [0.717, 1.165) is 36.1 Å². The lowest BCUT2D eigenvalue weighted by atomic mass is 9.72. The molecule has 1 atom stereocenters. The molecule has 1 aliphatic carbocycles. The summed E-state index contributed by atoms with van der Waals surface area (Å²) in [5.74, 6) is 1.39. The molecule has 2 heterocycles. The van der Waals surface area contributed by atoms with Crippen LogP contribution < -0.4 is 14.8 Å². The SMILES string of the molecule is CCOc1cc(C=Nc2sc3c(c2C(=O)Nc2ccccc2)CC[C@H](C(C)(C)C)C3)ccc1OCC(=O)N1CCOCC1. The Morgan fingerprint density at radius 2 is 1.86 bits per heavy atom. The van der Waals surface area contributed by atoms with Crippen LogP contribution in [0.1, 0.15) is 60.5 Å². The van der Waals surface area contributed by atoms with Crippen molar-refractivity contribution in [2.24, 2.45) is 16.3 Å². The highest BCUT2D eigenvalue weighted by Crippen LogP contribution is 2.45. The maximum Gasteiger partial charge on any atom is 0.260 e. The Balaban J connectivity index is 1.38. The molecule has 3 aromatic rings. The quantitative estimate of drug-likeness (QED) is 0.281. The van der Waals surface area contributed by atoms with E-state index in [1.165, 1.54) is 4.88 Å². The van der Waals surface area contributed by atoms with Gasteiger partial charge in [-0.2, -0.15) is 0 Å². The van der Waals surface area contributed by atoms with Crippen LogP contribution in [0, 0.1) is 11.3 Å². The van der Waals surface area contributed by atoms with Gasteiger partial charge in [0.1, 0.15) is 5.00 Å². The minimum Gasteiger partial charge on any atom is -0.490 e. The number of nitrogens with one attached hydrogen (secondary N) is 1. The van der Waals surface area contributed by atoms with Gasteiger partial charge in [0.05, 0.1) is 25.4 Å². The molecule has 43 heavy (non-hydrogen) atoms. The van der Waals surface area contributed by atoms with Crippen molar-refractivity contribution in [2.75, 3.05) is 44.8 Å². The van der Waals surface area contributed by atoms with Gasteiger partial charge in [0.2, 0.25) is 0 Å². The van der Waals surface area contributed by atoms with Gasteiger partial charge in [-0.3, -0.25) is 9.59 Å². The molecule has 8 nitrogen and oxygen atoms in total. The number of morpholine rings is 1. The first-order chi connectivity index (χ1) is 20.7. The number of ether oxygens (including phenoxy) is 3. The lowest BCUT2D eigenvalue weighted by Gasteiger charge is -2.33. The number of anilines is 1. The fraction of sp³-hybridized carbons (Fsp3) is 0.441. The van der Waals surface area contributed by atoms with Crippen LogP contribution in [0.3, 0.4) is 0 Å². The Morgan fingerprint density at radius 3 is 2.58 bits per heavy atom. The molecule has 0 bridgehead atoms. The summed E-state index contributed by atoms with van der Waals surface area (Å²) in [4.78, 5) is 34.1. The zero-order valence-corrected chi connectivity index (χ0v) is 26.3. The number of nitrogens with zero attached hydrogens (tertiary/aromatic N) is 2. The molecular formula is C34H41N3O5S. The predicted molar refractivity (Wildman–Crippen MR) is 171 cm³/mol. The first kappa shape index (κ1) is 30.8. The summed E-state index contributed by atoms with van der Waals surface area (Å²) in [5.41, 5.74) is 3.55. The fourth-order valence-electron chi connectivity index (χ4n) is 5.52. The Labute approximate surface area is 258 Å². The average Bonchev–Trinajstić information content (AvgIpc) is 3.38. The van der Waals surface area contributed by atoms with E-state index < -0.39 is 0 Å². The number of amides is 2. The van der Waals surface area contributed by atoms with Gasteiger partial charge in [0, 0.05) is 29.9 Å². The predicted octanol–water partition coefficient (Wildman–Crippen LogP) is 6.54. The summed E-state index contributed by atoms with van der Waals surface area (Å²) in [6, 6.07) is 15.1. The summed E-state index contributed by atoms with van der Waals surface area (Å²) in [6.45, 7) is 11.4. The average molecular weight is 604 g/mol. The monoisotopic (exact) mass is 603 g/mol. The molecule has 2 amide bonds. The summed E-state index contributed by atoms with van der Waals surface area (Å²) in [6.07, 6.45) is 4.64. The van der Waals surface area contributed by atoms with Crippen molar-refractivity contribution in [1.82, 2.24) is 4.90 Å². The first-order valence-corrected chi connectivity index (χ1v) is 15.8. The summed E-state index contributed by atoms with van der Waals surface area (Å²) >= 11 is 1.62. The molecule has 0 radical (unpaired) electrons. The second kappa shape index (κ2) is 13.7. The van der Waals surface area contributed by atoms with Crippen LogP contribution in [-0.4, -0.2) is 62.4 Å². The van der Waals surface area contributed by atoms with Gasteiger partial charge in [-0.15, -0.1) is 11.3 Å². The molecule has 1 aliphatic heterocycles. The molecule has 9 heteroatoms. The van der Waals surface area contributed by atoms with Gasteiger partial charge in [0.25, 0.3) is 11.8 Å². The maximum absolute atomic E-state index is 13.6. The molecule has 1 saturated heterocycles. The number of fused-ring (bicyclic) bond motifs is 1. The van der Waals surface area contributed by atoms with Gasteiger partial charge >= 0.3 is 0 Å². The Morgan fingerprint density at radius 1 is 1.09 bits per heavy atom. The number of carbonyl (C=O) groups excluding carboxylic acids is 2. The standard InChI is InChI=1S/C34H41N3O5S/c1-5-41-28-19-23(11-14-27(28)42-22-30(38)37-15-17-40-18-16-37)21-35-33-31(32(39)36-25-9-7-6-8-10-25)26-13-12-24(34(2,3)4)20-29(26)43-33/h6-11,14,19,21,24H,5,12-13,15-18,20,22H2,1-4H3,(H,36,39)/t24-/m0/s1. The molecule has 1 N–H and O–H groups in total. The lowest BCUT2D eigenvalue weighted by molar-refractivity contribution is -0.137. The first-order valence-electron chi connectivity index (χ1n) is 15.0. The molecule has 2 aromatic carbocycles. The number of thiophene rings is 1. The zero-order chi connectivity index (χ0) is 30.4. The van der Waals surface area contributed by atoms with E-state index >= 15 is 0 Å². The van der Waals surface area contributed by atoms with Crippen LogP contribution >= 0.6 is 11.3 Å². The Bertz CT molecular complexity index is 1450. The third-order valence-corrected chi connectivity index (χ3v) is 9.21. The largest absolute Gasteiger partial charge is 0.490 e. The second-order valence-electron chi connectivity index (χ2n) is 12.0. The van der Waals surface area contributed by atoms with Gasteiger partial charge in [-0.05, 0) is 79.0 Å². The van der Waals surface area contributed by atoms with E-state index in [9.17, 15) is 9.59 Å². The van der Waals surface area contributed by atoms with Gasteiger partial charge in [-0.25, -0.2) is 4.99 Å². The normalized spacial score (nSPS) is 17.0. The number of rotatable bonds is 9. The number of para-hydroxylation sites is 1. The minimum atomic E-state index is -0.131. The second-order valence-corrected chi connectivity index (χ2v) is 13.1. The minimum absolute atomic E-state index is 0.0658. The molecule has 1 fully saturated rings. The van der Waals surface area contributed by atoms with Gasteiger partial charge < -0.3 is 24.4 Å². The van der Waals surface area contributed by atoms with E-state index in [0.29, 0.717) is 60.9 Å². The van der Waals surface area contributed by atoms with Crippen molar-refractivity contribution in [3.8, 4) is 11.5 Å². The summed E-state index contributed by atoms with van der Waals surface area (Å²) < 4.78 is 17.1. The molecule has 5 rings (SSSR count). The molecule has 228 valence electrons. The molecule has 2 aliphatic rings. The topological polar surface area (TPSA) is 89.5 Å². The number of aliphatic imine (C=N–C) groups is 1. The maximum atomic E-state index is 13.6. The molecular weight excluding hydrogens is 562 g/mol. The molecule has 1 aromatic heterocycles. The van der Waals surface area contributed by atoms with E-state index in [2.05, 4.69) is 26.1 Å². The Hall–Kier alpha value is -3.69. The van der Waals surface area contributed by atoms with Gasteiger partial charge in [0.15, 0.2) is 18.1 Å². The fourth-order valence-corrected chi connectivity index (χ4v) is 6.79. The van der Waals surface area contributed by atoms with Gasteiger partial charge in [-0.1, -0.05) is 39.0 Å². The molecule has 0 unspecified atom stereocenters. The highest BCUT2D eigenvalue weighted by Gasteiger charge is 2.33. The lowest BCUT2D eigenvalue weighted by Crippen LogP contribution is -2.43. The summed E-state index contributed by atoms with van der Waals surface area (Å²) in [5, 5.41) is 3.78. The van der Waals surface area contributed by atoms with Crippen LogP contribution in [0.2, 0.25) is 0 Å². The van der Waals surface area contributed by atoms with Crippen molar-refractivity contribution in [2.45, 2.75) is 47.0 Å². The highest BCUT2D eigenvalue weighted by atomic mass is 32.1. The summed E-state index contributed by atoms with van der Waals surface area (Å²) in [7, 11) is 0. The third-order valence-electron chi connectivity index (χ3n) is 8.04. The number of hydrogen-bond donors (Lipinski definition) is 1. The van der Waals surface area contributed by atoms with Crippen LogP contribution in [-0.2, 0) is 22.4 Å². The number of benzene rings is 2. The Kier molecular flexibility index (Phi) is 9.82. The van der Waals surface area contributed by atoms with Crippen LogP contribution in [0.5, 0.6) is 11.5 Å². The van der Waals surface area contributed by atoms with Crippen molar-refractivity contribution in [3.63, 3.8) is 0 Å². The van der Waals surface area contributed by atoms with Crippen LogP contribution in [0.4, 0.5) is 10.7 Å². The smallest absolute Gasteiger partial charge is 0.260 e. The number of carbonyl (C=O) groups is 2. The van der Waals surface area contributed by atoms with E-state index in [-0.39, 0.29) is 23.8 Å².